The third-order valence-electron chi connectivity index (χ3n) is 3.85. The fourth-order valence-corrected chi connectivity index (χ4v) is 2.66. The van der Waals surface area contributed by atoms with Crippen molar-refractivity contribution < 1.29 is 4.79 Å². The van der Waals surface area contributed by atoms with Crippen LogP contribution in [0.15, 0.2) is 78.0 Å². The Hall–Kier alpha value is -3.18. The number of benzene rings is 2. The zero-order chi connectivity index (χ0) is 19.1. The minimum Gasteiger partial charge on any atom is -0.326 e. The molecule has 5 nitrogen and oxygen atoms in total. The molecule has 0 saturated heterocycles. The van der Waals surface area contributed by atoms with Crippen LogP contribution in [-0.4, -0.2) is 16.9 Å². The van der Waals surface area contributed by atoms with Crippen molar-refractivity contribution in [2.24, 2.45) is 4.99 Å². The highest BCUT2D eigenvalue weighted by molar-refractivity contribution is 6.30. The average molecular weight is 379 g/mol. The first-order valence-electron chi connectivity index (χ1n) is 8.45. The molecule has 0 aliphatic carbocycles. The van der Waals surface area contributed by atoms with E-state index in [0.717, 1.165) is 16.8 Å². The third kappa shape index (κ3) is 5.39. The summed E-state index contributed by atoms with van der Waals surface area (Å²) < 4.78 is 0. The summed E-state index contributed by atoms with van der Waals surface area (Å²) in [7, 11) is 0. The maximum absolute atomic E-state index is 12.5. The first kappa shape index (κ1) is 18.6. The van der Waals surface area contributed by atoms with E-state index in [-0.39, 0.29) is 5.91 Å². The van der Waals surface area contributed by atoms with Crippen LogP contribution in [0.2, 0.25) is 5.02 Å². The highest BCUT2D eigenvalue weighted by Crippen LogP contribution is 2.19. The van der Waals surface area contributed by atoms with Gasteiger partial charge in [-0.2, -0.15) is 0 Å². The number of anilines is 1. The summed E-state index contributed by atoms with van der Waals surface area (Å²) in [5, 5.41) is 6.68. The molecule has 136 valence electrons. The Balaban J connectivity index is 1.82. The smallest absolute Gasteiger partial charge is 0.257 e. The summed E-state index contributed by atoms with van der Waals surface area (Å²) in [4.78, 5) is 21.1. The van der Waals surface area contributed by atoms with E-state index in [1.54, 1.807) is 30.6 Å². The number of hydrogen-bond donors (Lipinski definition) is 2. The Labute approximate surface area is 163 Å². The van der Waals surface area contributed by atoms with Gasteiger partial charge in [-0.05, 0) is 54.4 Å². The lowest BCUT2D eigenvalue weighted by Gasteiger charge is -2.14. The maximum atomic E-state index is 12.5. The molecule has 0 unspecified atom stereocenters. The predicted octanol–water partition coefficient (Wildman–Crippen LogP) is 4.44. The lowest BCUT2D eigenvalue weighted by atomic mass is 10.2. The Morgan fingerprint density at radius 3 is 2.63 bits per heavy atom. The molecule has 3 aromatic rings. The van der Waals surface area contributed by atoms with Gasteiger partial charge in [0.15, 0.2) is 0 Å². The highest BCUT2D eigenvalue weighted by atomic mass is 35.5. The fraction of sp³-hybridized carbons (Fsp3) is 0.0952. The van der Waals surface area contributed by atoms with E-state index in [4.69, 9.17) is 11.6 Å². The molecule has 3 rings (SSSR count). The van der Waals surface area contributed by atoms with Gasteiger partial charge >= 0.3 is 0 Å². The van der Waals surface area contributed by atoms with Crippen molar-refractivity contribution in [1.29, 1.82) is 0 Å². The number of nitrogens with zero attached hydrogens (tertiary/aromatic N) is 2. The van der Waals surface area contributed by atoms with Gasteiger partial charge < -0.3 is 5.32 Å². The molecule has 1 heterocycles. The SMILES string of the molecule is Cc1cc(Cl)ccc1NC(=NCc1cccnc1)NC(=O)c1ccccc1. The number of amides is 1. The quantitative estimate of drug-likeness (QED) is 0.521. The van der Waals surface area contributed by atoms with E-state index in [0.29, 0.717) is 23.1 Å². The Kier molecular flexibility index (Phi) is 6.18. The summed E-state index contributed by atoms with van der Waals surface area (Å²) in [5.74, 6) is 0.123. The number of aliphatic imine (C=N–C) groups is 1. The Morgan fingerprint density at radius 2 is 1.93 bits per heavy atom. The number of aromatic nitrogens is 1. The summed E-state index contributed by atoms with van der Waals surface area (Å²) >= 11 is 6.02. The molecule has 0 radical (unpaired) electrons. The monoisotopic (exact) mass is 378 g/mol. The number of aryl methyl sites for hydroxylation is 1. The van der Waals surface area contributed by atoms with Gasteiger partial charge in [0.2, 0.25) is 5.96 Å². The molecule has 2 aromatic carbocycles. The highest BCUT2D eigenvalue weighted by Gasteiger charge is 2.10. The van der Waals surface area contributed by atoms with Crippen molar-refractivity contribution in [2.45, 2.75) is 13.5 Å². The summed E-state index contributed by atoms with van der Waals surface area (Å²) in [6.07, 6.45) is 3.45. The molecule has 1 aromatic heterocycles. The topological polar surface area (TPSA) is 66.4 Å². The van der Waals surface area contributed by atoms with Crippen LogP contribution in [0.5, 0.6) is 0 Å². The lowest BCUT2D eigenvalue weighted by Crippen LogP contribution is -2.36. The molecule has 0 fully saturated rings. The number of carbonyl (C=O) groups is 1. The molecule has 2 N–H and O–H groups in total. The Morgan fingerprint density at radius 1 is 1.11 bits per heavy atom. The number of pyridine rings is 1. The lowest BCUT2D eigenvalue weighted by molar-refractivity contribution is 0.0977. The van der Waals surface area contributed by atoms with Gasteiger partial charge in [-0.3, -0.25) is 15.1 Å². The summed E-state index contributed by atoms with van der Waals surface area (Å²) in [5.41, 5.74) is 3.27. The minimum absolute atomic E-state index is 0.236. The van der Waals surface area contributed by atoms with Crippen molar-refractivity contribution in [2.75, 3.05) is 5.32 Å². The van der Waals surface area contributed by atoms with Gasteiger partial charge in [0, 0.05) is 28.7 Å². The molecule has 1 amide bonds. The van der Waals surface area contributed by atoms with Crippen LogP contribution >= 0.6 is 11.6 Å². The van der Waals surface area contributed by atoms with Gasteiger partial charge in [0.25, 0.3) is 5.91 Å². The van der Waals surface area contributed by atoms with E-state index in [9.17, 15) is 4.79 Å². The van der Waals surface area contributed by atoms with Crippen molar-refractivity contribution in [1.82, 2.24) is 10.3 Å². The van der Waals surface area contributed by atoms with Crippen molar-refractivity contribution in [3.05, 3.63) is 94.8 Å². The zero-order valence-electron chi connectivity index (χ0n) is 14.8. The number of rotatable bonds is 4. The number of carbonyl (C=O) groups excluding carboxylic acids is 1. The van der Waals surface area contributed by atoms with Crippen LogP contribution in [0.1, 0.15) is 21.5 Å². The summed E-state index contributed by atoms with van der Waals surface area (Å²) in [6.45, 7) is 2.32. The number of guanidine groups is 1. The summed E-state index contributed by atoms with van der Waals surface area (Å²) in [6, 6.07) is 18.3. The van der Waals surface area contributed by atoms with E-state index in [2.05, 4.69) is 20.6 Å². The molecule has 6 heteroatoms. The van der Waals surface area contributed by atoms with Gasteiger partial charge in [-0.25, -0.2) is 4.99 Å². The van der Waals surface area contributed by atoms with E-state index >= 15 is 0 Å². The first-order chi connectivity index (χ1) is 13.1. The second-order valence-electron chi connectivity index (χ2n) is 5.93. The van der Waals surface area contributed by atoms with Crippen molar-refractivity contribution >= 4 is 29.2 Å². The maximum Gasteiger partial charge on any atom is 0.257 e. The third-order valence-corrected chi connectivity index (χ3v) is 4.09. The van der Waals surface area contributed by atoms with Crippen LogP contribution in [0.4, 0.5) is 5.69 Å². The molecule has 0 aliphatic heterocycles. The second kappa shape index (κ2) is 8.96. The van der Waals surface area contributed by atoms with Crippen LogP contribution in [0.3, 0.4) is 0 Å². The molecule has 0 bridgehead atoms. The van der Waals surface area contributed by atoms with Crippen LogP contribution < -0.4 is 10.6 Å². The second-order valence-corrected chi connectivity index (χ2v) is 6.37. The molecule has 0 atom stereocenters. The van der Waals surface area contributed by atoms with Crippen molar-refractivity contribution in [3.63, 3.8) is 0 Å². The molecule has 0 spiro atoms. The van der Waals surface area contributed by atoms with Crippen LogP contribution in [0, 0.1) is 6.92 Å². The standard InChI is InChI=1S/C21H19ClN4O/c1-15-12-18(22)9-10-19(15)25-21(24-14-16-6-5-11-23-13-16)26-20(27)17-7-3-2-4-8-17/h2-13H,14H2,1H3,(H2,24,25,26,27). The minimum atomic E-state index is -0.236. The normalized spacial score (nSPS) is 11.1. The van der Waals surface area contributed by atoms with Gasteiger partial charge in [0.1, 0.15) is 0 Å². The fourth-order valence-electron chi connectivity index (χ4n) is 2.44. The molecular weight excluding hydrogens is 360 g/mol. The van der Waals surface area contributed by atoms with E-state index < -0.39 is 0 Å². The molecule has 0 aliphatic rings. The molecule has 27 heavy (non-hydrogen) atoms. The number of nitrogens with one attached hydrogen (secondary N) is 2. The van der Waals surface area contributed by atoms with Gasteiger partial charge in [0.05, 0.1) is 6.54 Å². The first-order valence-corrected chi connectivity index (χ1v) is 8.82. The predicted molar refractivity (Wildman–Crippen MR) is 109 cm³/mol. The van der Waals surface area contributed by atoms with Gasteiger partial charge in [-0.1, -0.05) is 35.9 Å². The van der Waals surface area contributed by atoms with Crippen molar-refractivity contribution in [3.8, 4) is 0 Å². The Bertz CT molecular complexity index is 943. The van der Waals surface area contributed by atoms with Gasteiger partial charge in [-0.15, -0.1) is 0 Å². The molecular formula is C21H19ClN4O. The average Bonchev–Trinajstić information content (AvgIpc) is 2.69. The number of halogens is 1. The largest absolute Gasteiger partial charge is 0.326 e. The zero-order valence-corrected chi connectivity index (χ0v) is 15.6. The van der Waals surface area contributed by atoms with Crippen LogP contribution in [-0.2, 0) is 6.54 Å². The number of hydrogen-bond acceptors (Lipinski definition) is 3. The molecule has 0 saturated carbocycles. The van der Waals surface area contributed by atoms with E-state index in [1.807, 2.05) is 49.4 Å². The van der Waals surface area contributed by atoms with Crippen LogP contribution in [0.25, 0.3) is 0 Å². The van der Waals surface area contributed by atoms with E-state index in [1.165, 1.54) is 0 Å².